The second kappa shape index (κ2) is 9.54. The van der Waals surface area contributed by atoms with Crippen LogP contribution in [0.5, 0.6) is 0 Å². The van der Waals surface area contributed by atoms with Crippen LogP contribution in [-0.2, 0) is 0 Å². The normalized spacial score (nSPS) is 21.1. The first-order valence-corrected chi connectivity index (χ1v) is 6.65. The number of pyridine rings is 1. The molecule has 110 valence electrons. The van der Waals surface area contributed by atoms with Crippen LogP contribution >= 0.6 is 24.8 Å². The standard InChI is InChI=1S/C14H23N3.2ClH/c1-12(14-5-2-8-16-10-14)17-9-3-4-13(11-17)6-7-15;;/h2,5,8,10,12-13H,3-4,6-7,9,11,15H2,1H3;2*1H. The van der Waals surface area contributed by atoms with Gasteiger partial charge in [-0.25, -0.2) is 0 Å². The van der Waals surface area contributed by atoms with Crippen LogP contribution in [0.2, 0.25) is 0 Å². The van der Waals surface area contributed by atoms with Gasteiger partial charge >= 0.3 is 0 Å². The highest BCUT2D eigenvalue weighted by molar-refractivity contribution is 5.85. The van der Waals surface area contributed by atoms with Gasteiger partial charge in [-0.3, -0.25) is 9.88 Å². The molecule has 2 N–H and O–H groups in total. The molecule has 1 fully saturated rings. The van der Waals surface area contributed by atoms with Gasteiger partial charge in [0, 0.05) is 25.0 Å². The van der Waals surface area contributed by atoms with E-state index in [1.54, 1.807) is 0 Å². The van der Waals surface area contributed by atoms with Gasteiger partial charge in [-0.2, -0.15) is 0 Å². The van der Waals surface area contributed by atoms with E-state index >= 15 is 0 Å². The molecule has 1 aromatic heterocycles. The summed E-state index contributed by atoms with van der Waals surface area (Å²) in [6.07, 6.45) is 7.62. The molecule has 5 heteroatoms. The molecule has 0 aliphatic carbocycles. The zero-order chi connectivity index (χ0) is 12.1. The monoisotopic (exact) mass is 305 g/mol. The molecule has 2 unspecified atom stereocenters. The number of rotatable bonds is 4. The van der Waals surface area contributed by atoms with Crippen molar-refractivity contribution in [1.82, 2.24) is 9.88 Å². The highest BCUT2D eigenvalue weighted by atomic mass is 35.5. The first-order chi connectivity index (χ1) is 8.31. The summed E-state index contributed by atoms with van der Waals surface area (Å²) in [7, 11) is 0. The van der Waals surface area contributed by atoms with E-state index in [-0.39, 0.29) is 24.8 Å². The van der Waals surface area contributed by atoms with Crippen LogP contribution in [-0.4, -0.2) is 29.5 Å². The van der Waals surface area contributed by atoms with Gasteiger partial charge in [0.1, 0.15) is 0 Å². The third-order valence-electron chi connectivity index (χ3n) is 3.84. The summed E-state index contributed by atoms with van der Waals surface area (Å²) in [6.45, 7) is 5.49. The van der Waals surface area contributed by atoms with E-state index in [9.17, 15) is 0 Å². The number of hydrogen-bond acceptors (Lipinski definition) is 3. The molecule has 0 amide bonds. The van der Waals surface area contributed by atoms with Gasteiger partial charge in [0.2, 0.25) is 0 Å². The summed E-state index contributed by atoms with van der Waals surface area (Å²) >= 11 is 0. The smallest absolute Gasteiger partial charge is 0.0335 e. The van der Waals surface area contributed by atoms with E-state index in [1.165, 1.54) is 31.5 Å². The first-order valence-electron chi connectivity index (χ1n) is 6.65. The van der Waals surface area contributed by atoms with Crippen LogP contribution in [0.25, 0.3) is 0 Å². The third-order valence-corrected chi connectivity index (χ3v) is 3.84. The van der Waals surface area contributed by atoms with Gasteiger partial charge in [-0.1, -0.05) is 6.07 Å². The summed E-state index contributed by atoms with van der Waals surface area (Å²) < 4.78 is 0. The van der Waals surface area contributed by atoms with Crippen molar-refractivity contribution < 1.29 is 0 Å². The highest BCUT2D eigenvalue weighted by Crippen LogP contribution is 2.27. The molecule has 3 nitrogen and oxygen atoms in total. The third kappa shape index (κ3) is 5.27. The molecule has 19 heavy (non-hydrogen) atoms. The Morgan fingerprint density at radius 1 is 1.47 bits per heavy atom. The van der Waals surface area contributed by atoms with E-state index < -0.39 is 0 Å². The van der Waals surface area contributed by atoms with E-state index in [1.807, 2.05) is 18.5 Å². The zero-order valence-electron chi connectivity index (χ0n) is 11.5. The highest BCUT2D eigenvalue weighted by Gasteiger charge is 2.23. The maximum absolute atomic E-state index is 5.66. The van der Waals surface area contributed by atoms with Crippen molar-refractivity contribution in [3.05, 3.63) is 30.1 Å². The molecule has 2 atom stereocenters. The van der Waals surface area contributed by atoms with Gasteiger partial charge in [-0.05, 0) is 56.8 Å². The molecule has 0 aromatic carbocycles. The summed E-state index contributed by atoms with van der Waals surface area (Å²) in [5.74, 6) is 0.785. The maximum atomic E-state index is 5.66. The second-order valence-corrected chi connectivity index (χ2v) is 5.04. The lowest BCUT2D eigenvalue weighted by molar-refractivity contribution is 0.128. The molecule has 2 rings (SSSR count). The number of piperidine rings is 1. The molecule has 1 aromatic rings. The molecule has 1 saturated heterocycles. The van der Waals surface area contributed by atoms with E-state index in [4.69, 9.17) is 5.73 Å². The fraction of sp³-hybridized carbons (Fsp3) is 0.643. The maximum Gasteiger partial charge on any atom is 0.0335 e. The summed E-state index contributed by atoms with van der Waals surface area (Å²) in [5, 5.41) is 0. The van der Waals surface area contributed by atoms with Gasteiger partial charge < -0.3 is 5.73 Å². The van der Waals surface area contributed by atoms with Crippen LogP contribution in [0.3, 0.4) is 0 Å². The molecule has 1 aliphatic heterocycles. The minimum Gasteiger partial charge on any atom is -0.330 e. The average molecular weight is 306 g/mol. The number of aromatic nitrogens is 1. The molecular weight excluding hydrogens is 281 g/mol. The predicted molar refractivity (Wildman–Crippen MR) is 85.1 cm³/mol. The van der Waals surface area contributed by atoms with E-state index in [0.717, 1.165) is 18.9 Å². The number of hydrogen-bond donors (Lipinski definition) is 1. The topological polar surface area (TPSA) is 42.2 Å². The van der Waals surface area contributed by atoms with Gasteiger partial charge in [-0.15, -0.1) is 24.8 Å². The van der Waals surface area contributed by atoms with E-state index in [2.05, 4.69) is 22.9 Å². The van der Waals surface area contributed by atoms with Crippen molar-refractivity contribution in [3.63, 3.8) is 0 Å². The predicted octanol–water partition coefficient (Wildman–Crippen LogP) is 3.05. The second-order valence-electron chi connectivity index (χ2n) is 5.04. The van der Waals surface area contributed by atoms with E-state index in [0.29, 0.717) is 6.04 Å². The Morgan fingerprint density at radius 3 is 2.89 bits per heavy atom. The number of likely N-dealkylation sites (tertiary alicyclic amines) is 1. The number of nitrogens with two attached hydrogens (primary N) is 1. The zero-order valence-corrected chi connectivity index (χ0v) is 13.1. The quantitative estimate of drug-likeness (QED) is 0.929. The summed E-state index contributed by atoms with van der Waals surface area (Å²) in [6, 6.07) is 4.67. The van der Waals surface area contributed by atoms with Crippen molar-refractivity contribution >= 4 is 24.8 Å². The van der Waals surface area contributed by atoms with Crippen LogP contribution in [0.15, 0.2) is 24.5 Å². The lowest BCUT2D eigenvalue weighted by Crippen LogP contribution is -2.37. The Hall–Kier alpha value is -0.350. The van der Waals surface area contributed by atoms with Crippen LogP contribution in [0.4, 0.5) is 0 Å². The molecule has 0 bridgehead atoms. The Morgan fingerprint density at radius 2 is 2.26 bits per heavy atom. The van der Waals surface area contributed by atoms with Crippen LogP contribution in [0, 0.1) is 5.92 Å². The van der Waals surface area contributed by atoms with Gasteiger partial charge in [0.15, 0.2) is 0 Å². The SMILES string of the molecule is CC(c1cccnc1)N1CCCC(CCN)C1.Cl.Cl. The lowest BCUT2D eigenvalue weighted by Gasteiger charge is -2.36. The summed E-state index contributed by atoms with van der Waals surface area (Å²) in [4.78, 5) is 6.78. The van der Waals surface area contributed by atoms with Gasteiger partial charge in [0.05, 0.1) is 0 Å². The van der Waals surface area contributed by atoms with Crippen molar-refractivity contribution in [2.75, 3.05) is 19.6 Å². The van der Waals surface area contributed by atoms with Crippen molar-refractivity contribution in [3.8, 4) is 0 Å². The molecule has 0 saturated carbocycles. The number of nitrogens with zero attached hydrogens (tertiary/aromatic N) is 2. The fourth-order valence-electron chi connectivity index (χ4n) is 2.75. The Balaban J connectivity index is 0.00000162. The average Bonchev–Trinajstić information content (AvgIpc) is 2.40. The largest absolute Gasteiger partial charge is 0.330 e. The van der Waals surface area contributed by atoms with Crippen molar-refractivity contribution in [2.24, 2.45) is 11.7 Å². The Labute approximate surface area is 128 Å². The minimum atomic E-state index is 0. The molecule has 0 radical (unpaired) electrons. The minimum absolute atomic E-state index is 0. The van der Waals surface area contributed by atoms with Crippen molar-refractivity contribution in [2.45, 2.75) is 32.2 Å². The van der Waals surface area contributed by atoms with Crippen LogP contribution < -0.4 is 5.73 Å². The van der Waals surface area contributed by atoms with Crippen molar-refractivity contribution in [1.29, 1.82) is 0 Å². The fourth-order valence-corrected chi connectivity index (χ4v) is 2.75. The molecule has 0 spiro atoms. The van der Waals surface area contributed by atoms with Gasteiger partial charge in [0.25, 0.3) is 0 Å². The molecular formula is C14H25Cl2N3. The number of halogens is 2. The Kier molecular flexibility index (Phi) is 9.36. The molecule has 2 heterocycles. The Bertz CT molecular complexity index is 333. The van der Waals surface area contributed by atoms with Crippen LogP contribution in [0.1, 0.15) is 37.8 Å². The molecule has 1 aliphatic rings. The lowest BCUT2D eigenvalue weighted by atomic mass is 9.93. The first kappa shape index (κ1) is 18.7. The summed E-state index contributed by atoms with van der Waals surface area (Å²) in [5.41, 5.74) is 6.98.